The van der Waals surface area contributed by atoms with Crippen molar-refractivity contribution in [1.82, 2.24) is 9.55 Å². The fourth-order valence-corrected chi connectivity index (χ4v) is 1.92. The van der Waals surface area contributed by atoms with Crippen LogP contribution in [0.15, 0.2) is 46.1 Å². The van der Waals surface area contributed by atoms with E-state index in [9.17, 15) is 14.4 Å². The van der Waals surface area contributed by atoms with Crippen molar-refractivity contribution in [3.05, 3.63) is 57.4 Å². The summed E-state index contributed by atoms with van der Waals surface area (Å²) in [6, 6.07) is 8.34. The molecule has 0 saturated heterocycles. The van der Waals surface area contributed by atoms with Gasteiger partial charge in [0.05, 0.1) is 6.61 Å². The van der Waals surface area contributed by atoms with Crippen molar-refractivity contribution in [1.29, 1.82) is 0 Å². The summed E-state index contributed by atoms with van der Waals surface area (Å²) < 4.78 is 6.74. The van der Waals surface area contributed by atoms with Gasteiger partial charge in [-0.3, -0.25) is 14.6 Å². The number of anilines is 1. The van der Waals surface area contributed by atoms with Crippen LogP contribution in [0, 0.1) is 0 Å². The number of nitrogens with one attached hydrogen (secondary N) is 2. The molecule has 1 heterocycles. The van der Waals surface area contributed by atoms with Gasteiger partial charge in [0.1, 0.15) is 5.75 Å². The summed E-state index contributed by atoms with van der Waals surface area (Å²) in [5, 5.41) is 2.74. The molecule has 23 heavy (non-hydrogen) atoms. The zero-order valence-corrected chi connectivity index (χ0v) is 12.9. The van der Waals surface area contributed by atoms with Gasteiger partial charge in [-0.1, -0.05) is 6.92 Å². The van der Waals surface area contributed by atoms with E-state index in [1.165, 1.54) is 16.8 Å². The number of amides is 1. The predicted octanol–water partition coefficient (Wildman–Crippen LogP) is 1.35. The Morgan fingerprint density at radius 3 is 2.61 bits per heavy atom. The van der Waals surface area contributed by atoms with E-state index in [1.807, 2.05) is 6.92 Å². The number of carbonyl (C=O) groups excluding carboxylic acids is 1. The first-order valence-corrected chi connectivity index (χ1v) is 7.41. The Hall–Kier alpha value is -2.83. The maximum Gasteiger partial charge on any atom is 0.328 e. The normalized spacial score (nSPS) is 10.3. The highest BCUT2D eigenvalue weighted by molar-refractivity contribution is 5.90. The van der Waals surface area contributed by atoms with E-state index in [-0.39, 0.29) is 18.9 Å². The van der Waals surface area contributed by atoms with Crippen LogP contribution in [-0.4, -0.2) is 22.1 Å². The summed E-state index contributed by atoms with van der Waals surface area (Å²) in [7, 11) is 0. The summed E-state index contributed by atoms with van der Waals surface area (Å²) in [5.74, 6) is 0.537. The van der Waals surface area contributed by atoms with Gasteiger partial charge in [0.2, 0.25) is 5.91 Å². The van der Waals surface area contributed by atoms with Crippen molar-refractivity contribution in [2.24, 2.45) is 0 Å². The van der Waals surface area contributed by atoms with Gasteiger partial charge in [0.25, 0.3) is 5.56 Å². The number of nitrogens with zero attached hydrogens (tertiary/aromatic N) is 1. The number of hydrogen-bond acceptors (Lipinski definition) is 4. The minimum Gasteiger partial charge on any atom is -0.494 e. The fourth-order valence-electron chi connectivity index (χ4n) is 1.92. The molecule has 1 amide bonds. The van der Waals surface area contributed by atoms with Crippen molar-refractivity contribution in [3.8, 4) is 5.75 Å². The molecule has 2 N–H and O–H groups in total. The van der Waals surface area contributed by atoms with E-state index in [0.29, 0.717) is 12.3 Å². The molecule has 7 heteroatoms. The average Bonchev–Trinajstić information content (AvgIpc) is 2.53. The highest BCUT2D eigenvalue weighted by Gasteiger charge is 2.04. The van der Waals surface area contributed by atoms with Gasteiger partial charge in [-0.25, -0.2) is 4.79 Å². The van der Waals surface area contributed by atoms with Crippen LogP contribution in [0.3, 0.4) is 0 Å². The minimum absolute atomic E-state index is 0.125. The van der Waals surface area contributed by atoms with E-state index < -0.39 is 11.2 Å². The molecule has 0 unspecified atom stereocenters. The first kappa shape index (κ1) is 16.5. The monoisotopic (exact) mass is 317 g/mol. The molecule has 0 bridgehead atoms. The second-order valence-electron chi connectivity index (χ2n) is 4.97. The third-order valence-electron chi connectivity index (χ3n) is 3.09. The lowest BCUT2D eigenvalue weighted by Gasteiger charge is -2.08. The highest BCUT2D eigenvalue weighted by Crippen LogP contribution is 2.16. The molecule has 1 aromatic carbocycles. The smallest absolute Gasteiger partial charge is 0.328 e. The molecule has 0 aliphatic carbocycles. The van der Waals surface area contributed by atoms with E-state index in [4.69, 9.17) is 4.74 Å². The lowest BCUT2D eigenvalue weighted by atomic mass is 10.3. The van der Waals surface area contributed by atoms with Crippen LogP contribution >= 0.6 is 0 Å². The number of benzene rings is 1. The lowest BCUT2D eigenvalue weighted by molar-refractivity contribution is -0.116. The molecule has 0 aliphatic heterocycles. The molecule has 1 aromatic heterocycles. The Morgan fingerprint density at radius 1 is 1.22 bits per heavy atom. The molecule has 0 radical (unpaired) electrons. The maximum atomic E-state index is 11.9. The lowest BCUT2D eigenvalue weighted by Crippen LogP contribution is -2.29. The number of H-pyrrole nitrogens is 1. The second kappa shape index (κ2) is 7.98. The molecular formula is C16H19N3O4. The molecule has 0 aliphatic rings. The molecule has 2 aromatic rings. The van der Waals surface area contributed by atoms with Gasteiger partial charge in [-0.15, -0.1) is 0 Å². The number of hydrogen-bond donors (Lipinski definition) is 2. The summed E-state index contributed by atoms with van der Waals surface area (Å²) in [6.45, 7) is 2.88. The molecular weight excluding hydrogens is 298 g/mol. The van der Waals surface area contributed by atoms with Crippen molar-refractivity contribution in [2.75, 3.05) is 11.9 Å². The molecule has 0 fully saturated rings. The van der Waals surface area contributed by atoms with Crippen LogP contribution in [-0.2, 0) is 11.3 Å². The van der Waals surface area contributed by atoms with Crippen molar-refractivity contribution >= 4 is 11.6 Å². The van der Waals surface area contributed by atoms with Gasteiger partial charge in [-0.2, -0.15) is 0 Å². The quantitative estimate of drug-likeness (QED) is 0.806. The number of carbonyl (C=O) groups is 1. The Bertz CT molecular complexity index is 762. The van der Waals surface area contributed by atoms with E-state index in [0.717, 1.165) is 12.2 Å². The Balaban J connectivity index is 1.87. The number of aryl methyl sites for hydroxylation is 1. The summed E-state index contributed by atoms with van der Waals surface area (Å²) in [6.07, 6.45) is 2.43. The first-order valence-electron chi connectivity index (χ1n) is 7.41. The van der Waals surface area contributed by atoms with Crippen LogP contribution in [0.2, 0.25) is 0 Å². The van der Waals surface area contributed by atoms with Crippen LogP contribution in [0.1, 0.15) is 19.8 Å². The largest absolute Gasteiger partial charge is 0.494 e. The van der Waals surface area contributed by atoms with Gasteiger partial charge in [0, 0.05) is 30.9 Å². The van der Waals surface area contributed by atoms with Gasteiger partial charge < -0.3 is 14.6 Å². The number of aromatic amines is 1. The summed E-state index contributed by atoms with van der Waals surface area (Å²) >= 11 is 0. The van der Waals surface area contributed by atoms with Crippen LogP contribution in [0.5, 0.6) is 5.75 Å². The highest BCUT2D eigenvalue weighted by atomic mass is 16.5. The summed E-state index contributed by atoms with van der Waals surface area (Å²) in [5.41, 5.74) is -0.323. The molecule has 0 saturated carbocycles. The number of ether oxygens (including phenoxy) is 1. The predicted molar refractivity (Wildman–Crippen MR) is 86.8 cm³/mol. The third-order valence-corrected chi connectivity index (χ3v) is 3.09. The SMILES string of the molecule is CCCOc1ccc(NC(=O)CCn2ccc(=O)[nH]c2=O)cc1. The zero-order valence-electron chi connectivity index (χ0n) is 12.9. The van der Waals surface area contributed by atoms with Crippen molar-refractivity contribution < 1.29 is 9.53 Å². The summed E-state index contributed by atoms with van der Waals surface area (Å²) in [4.78, 5) is 36.5. The van der Waals surface area contributed by atoms with Gasteiger partial charge in [0.15, 0.2) is 0 Å². The van der Waals surface area contributed by atoms with Crippen LogP contribution in [0.4, 0.5) is 5.69 Å². The van der Waals surface area contributed by atoms with Crippen LogP contribution in [0.25, 0.3) is 0 Å². The van der Waals surface area contributed by atoms with E-state index in [1.54, 1.807) is 24.3 Å². The van der Waals surface area contributed by atoms with Gasteiger partial charge >= 0.3 is 5.69 Å². The fraction of sp³-hybridized carbons (Fsp3) is 0.312. The maximum absolute atomic E-state index is 11.9. The zero-order chi connectivity index (χ0) is 16.7. The molecule has 2 rings (SSSR count). The molecule has 0 atom stereocenters. The standard InChI is InChI=1S/C16H19N3O4/c1-2-11-23-13-5-3-12(4-6-13)17-14(20)7-9-19-10-8-15(21)18-16(19)22/h3-6,8,10H,2,7,9,11H2,1H3,(H,17,20)(H,18,21,22). The minimum atomic E-state index is -0.525. The van der Waals surface area contributed by atoms with Crippen molar-refractivity contribution in [3.63, 3.8) is 0 Å². The molecule has 122 valence electrons. The van der Waals surface area contributed by atoms with Gasteiger partial charge in [-0.05, 0) is 30.7 Å². The Labute approximate surface area is 132 Å². The average molecular weight is 317 g/mol. The molecule has 7 nitrogen and oxygen atoms in total. The topological polar surface area (TPSA) is 93.2 Å². The van der Waals surface area contributed by atoms with Crippen molar-refractivity contribution in [2.45, 2.75) is 26.3 Å². The third kappa shape index (κ3) is 5.14. The number of aromatic nitrogens is 2. The molecule has 0 spiro atoms. The first-order chi connectivity index (χ1) is 11.1. The van der Waals surface area contributed by atoms with E-state index >= 15 is 0 Å². The Kier molecular flexibility index (Phi) is 5.74. The number of rotatable bonds is 7. The van der Waals surface area contributed by atoms with E-state index in [2.05, 4.69) is 10.3 Å². The van der Waals surface area contributed by atoms with Crippen LogP contribution < -0.4 is 21.3 Å². The second-order valence-corrected chi connectivity index (χ2v) is 4.97. The Morgan fingerprint density at radius 2 is 1.96 bits per heavy atom.